The molecule has 0 spiro atoms. The molecule has 0 amide bonds. The molecule has 19 heavy (non-hydrogen) atoms. The molecule has 4 nitrogen and oxygen atoms in total. The van der Waals surface area contributed by atoms with E-state index in [1.807, 2.05) is 6.92 Å². The van der Waals surface area contributed by atoms with Gasteiger partial charge in [0, 0.05) is 28.8 Å². The fourth-order valence-electron chi connectivity index (χ4n) is 2.35. The van der Waals surface area contributed by atoms with Gasteiger partial charge in [0.1, 0.15) is 0 Å². The SMILES string of the molecule is CC1COC(CO)CN1c1ccc([C@H](C)N)c(Br)c1. The van der Waals surface area contributed by atoms with Crippen molar-refractivity contribution in [3.8, 4) is 0 Å². The lowest BCUT2D eigenvalue weighted by atomic mass is 10.1. The molecule has 106 valence electrons. The normalized spacial score (nSPS) is 25.4. The Morgan fingerprint density at radius 2 is 2.32 bits per heavy atom. The zero-order valence-electron chi connectivity index (χ0n) is 11.3. The van der Waals surface area contributed by atoms with E-state index in [0.717, 1.165) is 15.7 Å². The van der Waals surface area contributed by atoms with Gasteiger partial charge in [-0.15, -0.1) is 0 Å². The van der Waals surface area contributed by atoms with Crippen molar-refractivity contribution in [1.82, 2.24) is 0 Å². The number of benzene rings is 1. The van der Waals surface area contributed by atoms with Crippen LogP contribution in [0.15, 0.2) is 22.7 Å². The minimum absolute atomic E-state index is 0.00993. The maximum Gasteiger partial charge on any atom is 0.0981 e. The van der Waals surface area contributed by atoms with E-state index < -0.39 is 0 Å². The molecule has 3 N–H and O–H groups in total. The molecule has 5 heteroatoms. The first-order valence-corrected chi connectivity index (χ1v) is 7.36. The molecule has 1 aliphatic rings. The summed E-state index contributed by atoms with van der Waals surface area (Å²) in [4.78, 5) is 2.26. The van der Waals surface area contributed by atoms with Crippen molar-refractivity contribution < 1.29 is 9.84 Å². The van der Waals surface area contributed by atoms with Gasteiger partial charge in [-0.05, 0) is 31.5 Å². The monoisotopic (exact) mass is 328 g/mol. The van der Waals surface area contributed by atoms with E-state index in [9.17, 15) is 5.11 Å². The molecule has 1 fully saturated rings. The van der Waals surface area contributed by atoms with Crippen LogP contribution in [0, 0.1) is 0 Å². The molecule has 2 unspecified atom stereocenters. The van der Waals surface area contributed by atoms with Crippen LogP contribution in [0.1, 0.15) is 25.5 Å². The van der Waals surface area contributed by atoms with Crippen LogP contribution in [0.2, 0.25) is 0 Å². The number of ether oxygens (including phenoxy) is 1. The number of aliphatic hydroxyl groups is 1. The van der Waals surface area contributed by atoms with Gasteiger partial charge in [-0.25, -0.2) is 0 Å². The van der Waals surface area contributed by atoms with Crippen molar-refractivity contribution in [2.45, 2.75) is 32.0 Å². The Balaban J connectivity index is 2.23. The van der Waals surface area contributed by atoms with E-state index in [-0.39, 0.29) is 18.8 Å². The minimum Gasteiger partial charge on any atom is -0.394 e. The zero-order chi connectivity index (χ0) is 14.0. The molecule has 3 atom stereocenters. The number of anilines is 1. The van der Waals surface area contributed by atoms with Crippen LogP contribution in [0.5, 0.6) is 0 Å². The first-order chi connectivity index (χ1) is 9.02. The Bertz CT molecular complexity index is 439. The Morgan fingerprint density at radius 1 is 1.58 bits per heavy atom. The van der Waals surface area contributed by atoms with Gasteiger partial charge in [0.25, 0.3) is 0 Å². The molecule has 1 aromatic carbocycles. The number of halogens is 1. The standard InChI is InChI=1S/C14H21BrN2O2/c1-9-8-19-12(7-18)6-17(9)11-3-4-13(10(2)16)14(15)5-11/h3-5,9-10,12,18H,6-8,16H2,1-2H3/t9?,10-,12?/m0/s1. The van der Waals surface area contributed by atoms with Crippen LogP contribution in [0.4, 0.5) is 5.69 Å². The van der Waals surface area contributed by atoms with E-state index in [1.54, 1.807) is 0 Å². The van der Waals surface area contributed by atoms with Crippen molar-refractivity contribution in [3.63, 3.8) is 0 Å². The molecule has 0 radical (unpaired) electrons. The number of nitrogens with zero attached hydrogens (tertiary/aromatic N) is 1. The molecule has 1 aliphatic heterocycles. The highest BCUT2D eigenvalue weighted by Gasteiger charge is 2.26. The zero-order valence-corrected chi connectivity index (χ0v) is 12.9. The van der Waals surface area contributed by atoms with Gasteiger partial charge in [-0.1, -0.05) is 22.0 Å². The summed E-state index contributed by atoms with van der Waals surface area (Å²) in [5.74, 6) is 0. The Labute approximate surface area is 122 Å². The second kappa shape index (κ2) is 6.22. The van der Waals surface area contributed by atoms with Gasteiger partial charge in [0.15, 0.2) is 0 Å². The lowest BCUT2D eigenvalue weighted by molar-refractivity contribution is -0.0103. The number of morpholine rings is 1. The van der Waals surface area contributed by atoms with Gasteiger partial charge >= 0.3 is 0 Å². The van der Waals surface area contributed by atoms with Gasteiger partial charge in [0.05, 0.1) is 19.3 Å². The fourth-order valence-corrected chi connectivity index (χ4v) is 3.08. The molecule has 2 rings (SSSR count). The summed E-state index contributed by atoms with van der Waals surface area (Å²) in [6.45, 7) is 5.50. The topological polar surface area (TPSA) is 58.7 Å². The van der Waals surface area contributed by atoms with Crippen molar-refractivity contribution in [2.24, 2.45) is 5.73 Å². The second-order valence-corrected chi connectivity index (χ2v) is 5.99. The predicted octanol–water partition coefficient (Wildman–Crippen LogP) is 2.05. The summed E-state index contributed by atoms with van der Waals surface area (Å²) in [7, 11) is 0. The molecule has 0 bridgehead atoms. The molecule has 1 saturated heterocycles. The smallest absolute Gasteiger partial charge is 0.0981 e. The lowest BCUT2D eigenvalue weighted by Gasteiger charge is -2.39. The highest BCUT2D eigenvalue weighted by molar-refractivity contribution is 9.10. The van der Waals surface area contributed by atoms with E-state index in [0.29, 0.717) is 19.2 Å². The molecular formula is C14H21BrN2O2. The maximum atomic E-state index is 9.24. The van der Waals surface area contributed by atoms with Crippen LogP contribution < -0.4 is 10.6 Å². The molecule has 1 aromatic rings. The third-order valence-corrected chi connectivity index (χ3v) is 4.20. The van der Waals surface area contributed by atoms with Gasteiger partial charge in [0.2, 0.25) is 0 Å². The van der Waals surface area contributed by atoms with E-state index >= 15 is 0 Å². The van der Waals surface area contributed by atoms with Crippen LogP contribution >= 0.6 is 15.9 Å². The van der Waals surface area contributed by atoms with Crippen LogP contribution in [0.3, 0.4) is 0 Å². The molecular weight excluding hydrogens is 308 g/mol. The average Bonchev–Trinajstić information content (AvgIpc) is 2.38. The van der Waals surface area contributed by atoms with E-state index in [4.69, 9.17) is 10.5 Å². The van der Waals surface area contributed by atoms with E-state index in [1.165, 1.54) is 0 Å². The first kappa shape index (κ1) is 14.8. The summed E-state index contributed by atoms with van der Waals surface area (Å²) >= 11 is 3.58. The van der Waals surface area contributed by atoms with E-state index in [2.05, 4.69) is 46.0 Å². The number of aliphatic hydroxyl groups excluding tert-OH is 1. The third-order valence-electron chi connectivity index (χ3n) is 3.52. The van der Waals surface area contributed by atoms with Crippen molar-refractivity contribution in [2.75, 3.05) is 24.7 Å². The molecule has 0 aliphatic carbocycles. The second-order valence-electron chi connectivity index (χ2n) is 5.13. The number of hydrogen-bond acceptors (Lipinski definition) is 4. The van der Waals surface area contributed by atoms with Gasteiger partial charge < -0.3 is 20.5 Å². The average molecular weight is 329 g/mol. The minimum atomic E-state index is -0.108. The van der Waals surface area contributed by atoms with Crippen molar-refractivity contribution in [3.05, 3.63) is 28.2 Å². The van der Waals surface area contributed by atoms with Gasteiger partial charge in [-0.3, -0.25) is 0 Å². The Kier molecular flexibility index (Phi) is 4.84. The first-order valence-electron chi connectivity index (χ1n) is 6.57. The van der Waals surface area contributed by atoms with Crippen LogP contribution in [0.25, 0.3) is 0 Å². The highest BCUT2D eigenvalue weighted by atomic mass is 79.9. The van der Waals surface area contributed by atoms with Crippen molar-refractivity contribution in [1.29, 1.82) is 0 Å². The van der Waals surface area contributed by atoms with Crippen LogP contribution in [-0.4, -0.2) is 37.0 Å². The maximum absolute atomic E-state index is 9.24. The summed E-state index contributed by atoms with van der Waals surface area (Å²) in [5.41, 5.74) is 8.15. The third kappa shape index (κ3) is 3.28. The quantitative estimate of drug-likeness (QED) is 0.891. The molecule has 0 aromatic heterocycles. The number of hydrogen-bond donors (Lipinski definition) is 2. The number of nitrogens with two attached hydrogens (primary N) is 1. The molecule has 1 heterocycles. The molecule has 0 saturated carbocycles. The summed E-state index contributed by atoms with van der Waals surface area (Å²) in [5, 5.41) is 9.24. The largest absolute Gasteiger partial charge is 0.394 e. The Morgan fingerprint density at radius 3 is 2.89 bits per heavy atom. The summed E-state index contributed by atoms with van der Waals surface area (Å²) in [6, 6.07) is 6.54. The highest BCUT2D eigenvalue weighted by Crippen LogP contribution is 2.29. The Hall–Kier alpha value is -0.620. The van der Waals surface area contributed by atoms with Crippen LogP contribution in [-0.2, 0) is 4.74 Å². The van der Waals surface area contributed by atoms with Crippen molar-refractivity contribution >= 4 is 21.6 Å². The van der Waals surface area contributed by atoms with Gasteiger partial charge in [-0.2, -0.15) is 0 Å². The predicted molar refractivity (Wildman–Crippen MR) is 80.4 cm³/mol. The summed E-state index contributed by atoms with van der Waals surface area (Å²) < 4.78 is 6.59. The fraction of sp³-hybridized carbons (Fsp3) is 0.571. The lowest BCUT2D eigenvalue weighted by Crippen LogP contribution is -2.49. The number of rotatable bonds is 3. The summed E-state index contributed by atoms with van der Waals surface area (Å²) in [6.07, 6.45) is -0.108.